The SMILES string of the molecule is CC/C=C\C/C=C\C/C=C\C/C=C\C/C=C\C/C=C\CCCCC(=O)OCC(COC(=O)CCCCCCC/C=C\C/C=C\CCCCCC)OC(=O)CCCCCCCCC/C=C\C/C=C\CCCCC. The topological polar surface area (TPSA) is 78.9 Å². The molecule has 0 aromatic carbocycles. The van der Waals surface area contributed by atoms with Crippen LogP contribution in [0.25, 0.3) is 0 Å². The van der Waals surface area contributed by atoms with Crippen LogP contribution < -0.4 is 0 Å². The second-order valence-electron chi connectivity index (χ2n) is 19.2. The Labute approximate surface area is 443 Å². The molecule has 1 unspecified atom stereocenters. The molecule has 0 saturated carbocycles. The molecule has 0 aliphatic rings. The van der Waals surface area contributed by atoms with Crippen LogP contribution in [0, 0.1) is 0 Å². The third kappa shape index (κ3) is 56.7. The minimum absolute atomic E-state index is 0.105. The fourth-order valence-corrected chi connectivity index (χ4v) is 7.74. The highest BCUT2D eigenvalue weighted by Crippen LogP contribution is 2.14. The van der Waals surface area contributed by atoms with Crippen molar-refractivity contribution in [2.75, 3.05) is 13.2 Å². The molecule has 72 heavy (non-hydrogen) atoms. The van der Waals surface area contributed by atoms with Crippen LogP contribution in [0.3, 0.4) is 0 Å². The summed E-state index contributed by atoms with van der Waals surface area (Å²) in [6.07, 6.45) is 81.8. The van der Waals surface area contributed by atoms with Gasteiger partial charge in [0.1, 0.15) is 13.2 Å². The Bertz CT molecular complexity index is 1520. The summed E-state index contributed by atoms with van der Waals surface area (Å²) in [4.78, 5) is 38.2. The molecule has 0 bridgehead atoms. The first-order valence-electron chi connectivity index (χ1n) is 29.5. The third-order valence-electron chi connectivity index (χ3n) is 12.2. The average molecular weight is 998 g/mol. The Kier molecular flexibility index (Phi) is 55.9. The van der Waals surface area contributed by atoms with Crippen molar-refractivity contribution in [1.82, 2.24) is 0 Å². The average Bonchev–Trinajstić information content (AvgIpc) is 3.38. The number of hydrogen-bond acceptors (Lipinski definition) is 6. The van der Waals surface area contributed by atoms with Gasteiger partial charge in [0.2, 0.25) is 0 Å². The van der Waals surface area contributed by atoms with Gasteiger partial charge >= 0.3 is 17.9 Å². The molecule has 0 radical (unpaired) electrons. The zero-order valence-corrected chi connectivity index (χ0v) is 46.7. The van der Waals surface area contributed by atoms with E-state index in [2.05, 4.69) is 142 Å². The van der Waals surface area contributed by atoms with E-state index in [1.54, 1.807) is 0 Å². The molecular formula is C66H108O6. The minimum atomic E-state index is -0.811. The van der Waals surface area contributed by atoms with Crippen LogP contribution in [0.15, 0.2) is 122 Å². The zero-order valence-electron chi connectivity index (χ0n) is 46.7. The molecular weight excluding hydrogens is 889 g/mol. The number of ether oxygens (including phenoxy) is 3. The van der Waals surface area contributed by atoms with Gasteiger partial charge in [-0.2, -0.15) is 0 Å². The summed E-state index contributed by atoms with van der Waals surface area (Å²) in [7, 11) is 0. The van der Waals surface area contributed by atoms with E-state index in [-0.39, 0.29) is 31.1 Å². The van der Waals surface area contributed by atoms with Gasteiger partial charge < -0.3 is 14.2 Å². The van der Waals surface area contributed by atoms with Crippen molar-refractivity contribution >= 4 is 17.9 Å². The summed E-state index contributed by atoms with van der Waals surface area (Å²) < 4.78 is 16.8. The molecule has 0 spiro atoms. The Balaban J connectivity index is 4.52. The van der Waals surface area contributed by atoms with Crippen molar-refractivity contribution in [3.8, 4) is 0 Å². The van der Waals surface area contributed by atoms with Crippen LogP contribution in [0.2, 0.25) is 0 Å². The maximum Gasteiger partial charge on any atom is 0.306 e. The van der Waals surface area contributed by atoms with E-state index in [1.165, 1.54) is 83.5 Å². The van der Waals surface area contributed by atoms with Crippen molar-refractivity contribution in [1.29, 1.82) is 0 Å². The molecule has 0 heterocycles. The molecule has 0 fully saturated rings. The molecule has 6 nitrogen and oxygen atoms in total. The quantitative estimate of drug-likeness (QED) is 0.0261. The van der Waals surface area contributed by atoms with Crippen LogP contribution in [0.4, 0.5) is 0 Å². The Morgan fingerprint density at radius 1 is 0.292 bits per heavy atom. The summed E-state index contributed by atoms with van der Waals surface area (Å²) in [5, 5.41) is 0. The van der Waals surface area contributed by atoms with Gasteiger partial charge in [0, 0.05) is 19.3 Å². The predicted octanol–water partition coefficient (Wildman–Crippen LogP) is 20.0. The van der Waals surface area contributed by atoms with Crippen LogP contribution >= 0.6 is 0 Å². The number of rotatable bonds is 52. The van der Waals surface area contributed by atoms with E-state index < -0.39 is 6.10 Å². The molecule has 1 atom stereocenters. The predicted molar refractivity (Wildman–Crippen MR) is 311 cm³/mol. The standard InChI is InChI=1S/C66H108O6/c1-4-7-10-13-16-19-22-25-28-31-32-33-34-36-38-41-44-47-50-53-56-59-65(68)71-62-63(61-70-64(67)58-55-52-49-46-43-40-37-30-27-24-21-18-15-12-9-6-3)72-66(69)60-57-54-51-48-45-42-39-35-29-26-23-20-17-14-11-8-5-2/h7,10,16-17,19-21,24-26,28-30,32-33,36-38,44,47,63H,4-6,8-9,11-15,18,22-23,27,31,34-35,39-43,45-46,48-62H2,1-3H3/b10-7-,19-16-,20-17-,24-21-,28-25-,29-26-,33-32-,37-30-,38-36-,47-44-. The smallest absolute Gasteiger partial charge is 0.306 e. The molecule has 408 valence electrons. The molecule has 0 aliphatic carbocycles. The largest absolute Gasteiger partial charge is 0.462 e. The first-order chi connectivity index (χ1) is 35.5. The monoisotopic (exact) mass is 997 g/mol. The normalized spacial score (nSPS) is 13.0. The van der Waals surface area contributed by atoms with E-state index in [0.717, 1.165) is 128 Å². The van der Waals surface area contributed by atoms with Crippen LogP contribution in [-0.4, -0.2) is 37.2 Å². The molecule has 0 amide bonds. The summed E-state index contributed by atoms with van der Waals surface area (Å²) in [6, 6.07) is 0. The molecule has 0 saturated heterocycles. The Hall–Kier alpha value is -4.19. The van der Waals surface area contributed by atoms with E-state index in [0.29, 0.717) is 25.7 Å². The van der Waals surface area contributed by atoms with Crippen molar-refractivity contribution in [3.05, 3.63) is 122 Å². The highest BCUT2D eigenvalue weighted by Gasteiger charge is 2.19. The van der Waals surface area contributed by atoms with Gasteiger partial charge in [-0.25, -0.2) is 0 Å². The fourth-order valence-electron chi connectivity index (χ4n) is 7.74. The molecule has 0 aromatic rings. The summed E-state index contributed by atoms with van der Waals surface area (Å²) in [5.41, 5.74) is 0. The summed E-state index contributed by atoms with van der Waals surface area (Å²) in [6.45, 7) is 6.43. The molecule has 0 aliphatic heterocycles. The van der Waals surface area contributed by atoms with Gasteiger partial charge in [0.15, 0.2) is 6.10 Å². The van der Waals surface area contributed by atoms with Gasteiger partial charge in [0.25, 0.3) is 0 Å². The maximum absolute atomic E-state index is 12.9. The highest BCUT2D eigenvalue weighted by molar-refractivity contribution is 5.71. The minimum Gasteiger partial charge on any atom is -0.462 e. The van der Waals surface area contributed by atoms with Gasteiger partial charge in [0.05, 0.1) is 0 Å². The Morgan fingerprint density at radius 2 is 0.542 bits per heavy atom. The van der Waals surface area contributed by atoms with Crippen molar-refractivity contribution in [2.45, 2.75) is 264 Å². The lowest BCUT2D eigenvalue weighted by Gasteiger charge is -2.18. The zero-order chi connectivity index (χ0) is 52.2. The van der Waals surface area contributed by atoms with Crippen LogP contribution in [0.5, 0.6) is 0 Å². The Morgan fingerprint density at radius 3 is 0.903 bits per heavy atom. The van der Waals surface area contributed by atoms with E-state index >= 15 is 0 Å². The van der Waals surface area contributed by atoms with Crippen molar-refractivity contribution < 1.29 is 28.6 Å². The van der Waals surface area contributed by atoms with E-state index in [1.807, 2.05) is 0 Å². The van der Waals surface area contributed by atoms with Crippen molar-refractivity contribution in [2.24, 2.45) is 0 Å². The van der Waals surface area contributed by atoms with E-state index in [9.17, 15) is 14.4 Å². The van der Waals surface area contributed by atoms with Gasteiger partial charge in [-0.1, -0.05) is 226 Å². The number of hydrogen-bond donors (Lipinski definition) is 0. The number of allylic oxidation sites excluding steroid dienone is 20. The lowest BCUT2D eigenvalue weighted by atomic mass is 10.1. The number of carbonyl (C=O) groups is 3. The fraction of sp³-hybridized carbons (Fsp3) is 0.652. The van der Waals surface area contributed by atoms with Crippen molar-refractivity contribution in [3.63, 3.8) is 0 Å². The second-order valence-corrected chi connectivity index (χ2v) is 19.2. The highest BCUT2D eigenvalue weighted by atomic mass is 16.6. The maximum atomic E-state index is 12.9. The summed E-state index contributed by atoms with van der Waals surface area (Å²) in [5.74, 6) is -0.971. The summed E-state index contributed by atoms with van der Waals surface area (Å²) >= 11 is 0. The third-order valence-corrected chi connectivity index (χ3v) is 12.2. The molecule has 0 rings (SSSR count). The number of esters is 3. The number of unbranched alkanes of at least 4 members (excludes halogenated alkanes) is 21. The van der Waals surface area contributed by atoms with Gasteiger partial charge in [-0.15, -0.1) is 0 Å². The van der Waals surface area contributed by atoms with E-state index in [4.69, 9.17) is 14.2 Å². The van der Waals surface area contributed by atoms with Gasteiger partial charge in [-0.3, -0.25) is 14.4 Å². The second kappa shape index (κ2) is 59.4. The van der Waals surface area contributed by atoms with Gasteiger partial charge in [-0.05, 0) is 135 Å². The lowest BCUT2D eigenvalue weighted by molar-refractivity contribution is -0.167. The molecule has 0 aromatic heterocycles. The molecule has 6 heteroatoms. The lowest BCUT2D eigenvalue weighted by Crippen LogP contribution is -2.30. The van der Waals surface area contributed by atoms with Crippen LogP contribution in [0.1, 0.15) is 258 Å². The molecule has 0 N–H and O–H groups in total. The number of carbonyl (C=O) groups excluding carboxylic acids is 3. The first kappa shape index (κ1) is 67.8. The van der Waals surface area contributed by atoms with Crippen LogP contribution in [-0.2, 0) is 28.6 Å². The first-order valence-corrected chi connectivity index (χ1v) is 29.5.